The second-order valence-corrected chi connectivity index (χ2v) is 2.67. The molecule has 1 aromatic carbocycles. The molecule has 0 saturated heterocycles. The Balaban J connectivity index is 3.02. The van der Waals surface area contributed by atoms with Gasteiger partial charge in [0.1, 0.15) is 5.75 Å². The molecule has 0 bridgehead atoms. The number of hydrogen-bond donors (Lipinski definition) is 1. The van der Waals surface area contributed by atoms with Crippen LogP contribution in [0.25, 0.3) is 0 Å². The van der Waals surface area contributed by atoms with Crippen molar-refractivity contribution in [1.29, 1.82) is 0 Å². The third kappa shape index (κ3) is 1.76. The van der Waals surface area contributed by atoms with Gasteiger partial charge >= 0.3 is 0 Å². The summed E-state index contributed by atoms with van der Waals surface area (Å²) in [6, 6.07) is 5.81. The number of phenols is 1. The van der Waals surface area contributed by atoms with Crippen molar-refractivity contribution < 1.29 is 5.11 Å². The first kappa shape index (κ1) is 8.18. The Hall–Kier alpha value is -0.915. The Kier molecular flexibility index (Phi) is 2.58. The molecule has 1 rings (SSSR count). The fourth-order valence-corrected chi connectivity index (χ4v) is 1.14. The molecule has 0 amide bonds. The zero-order chi connectivity index (χ0) is 8.27. The number of hydrogen-bond acceptors (Lipinski definition) is 1. The lowest BCUT2D eigenvalue weighted by Crippen LogP contribution is -2.10. The zero-order valence-electron chi connectivity index (χ0n) is 7.09. The molecule has 0 atom stereocenters. The minimum Gasteiger partial charge on any atom is -0.508 e. The third-order valence-corrected chi connectivity index (χ3v) is 1.93. The predicted octanol–water partition coefficient (Wildman–Crippen LogP) is 1.06. The average molecular weight is 148 g/mol. The van der Waals surface area contributed by atoms with Crippen molar-refractivity contribution in [2.75, 3.05) is 0 Å². The number of aryl methyl sites for hydroxylation is 1. The van der Waals surface area contributed by atoms with Crippen LogP contribution in [0.3, 0.4) is 0 Å². The second kappa shape index (κ2) is 3.47. The van der Waals surface area contributed by atoms with Crippen molar-refractivity contribution in [2.45, 2.75) is 20.2 Å². The number of benzene rings is 1. The van der Waals surface area contributed by atoms with Crippen molar-refractivity contribution in [3.05, 3.63) is 23.8 Å². The molecule has 0 unspecified atom stereocenters. The van der Waals surface area contributed by atoms with Gasteiger partial charge in [0.05, 0.1) is 0 Å². The van der Waals surface area contributed by atoms with Crippen LogP contribution in [0.1, 0.15) is 12.5 Å². The van der Waals surface area contributed by atoms with E-state index >= 15 is 0 Å². The topological polar surface area (TPSA) is 20.2 Å². The van der Waals surface area contributed by atoms with Crippen LogP contribution in [0.4, 0.5) is 0 Å². The van der Waals surface area contributed by atoms with Gasteiger partial charge < -0.3 is 5.11 Å². The first-order valence-corrected chi connectivity index (χ1v) is 4.08. The maximum absolute atomic E-state index is 9.33. The van der Waals surface area contributed by atoms with Gasteiger partial charge in [-0.15, -0.1) is 0 Å². The van der Waals surface area contributed by atoms with E-state index in [1.165, 1.54) is 5.46 Å². The highest BCUT2D eigenvalue weighted by molar-refractivity contribution is 6.51. The van der Waals surface area contributed by atoms with E-state index in [-0.39, 0.29) is 0 Å². The molecule has 0 aliphatic rings. The summed E-state index contributed by atoms with van der Waals surface area (Å²) in [7, 11) is 1.04. The lowest BCUT2D eigenvalue weighted by Gasteiger charge is -2.02. The Morgan fingerprint density at radius 1 is 1.45 bits per heavy atom. The molecule has 0 aliphatic carbocycles. The minimum atomic E-state index is 0.421. The Morgan fingerprint density at radius 2 is 2.18 bits per heavy atom. The van der Waals surface area contributed by atoms with Gasteiger partial charge in [-0.1, -0.05) is 31.3 Å². The predicted molar refractivity (Wildman–Crippen MR) is 50.1 cm³/mol. The van der Waals surface area contributed by atoms with Crippen molar-refractivity contribution >= 4 is 12.7 Å². The third-order valence-electron chi connectivity index (χ3n) is 1.93. The SMILES string of the molecule is CBc1ccc(O)c(CC)c1. The molecule has 0 radical (unpaired) electrons. The fraction of sp³-hybridized carbons (Fsp3) is 0.333. The summed E-state index contributed by atoms with van der Waals surface area (Å²) in [6.07, 6.45) is 0.902. The molecule has 1 N–H and O–H groups in total. The smallest absolute Gasteiger partial charge is 0.154 e. The van der Waals surface area contributed by atoms with Crippen LogP contribution in [0.15, 0.2) is 18.2 Å². The maximum Gasteiger partial charge on any atom is 0.154 e. The van der Waals surface area contributed by atoms with Gasteiger partial charge in [-0.25, -0.2) is 0 Å². The van der Waals surface area contributed by atoms with Crippen LogP contribution >= 0.6 is 0 Å². The molecule has 1 aromatic rings. The quantitative estimate of drug-likeness (QED) is 0.621. The van der Waals surface area contributed by atoms with Gasteiger partial charge in [-0.2, -0.15) is 0 Å². The van der Waals surface area contributed by atoms with E-state index in [2.05, 4.69) is 19.8 Å². The van der Waals surface area contributed by atoms with Gasteiger partial charge in [0.25, 0.3) is 0 Å². The fourth-order valence-electron chi connectivity index (χ4n) is 1.14. The highest BCUT2D eigenvalue weighted by Gasteiger charge is 1.98. The normalized spacial score (nSPS) is 9.64. The summed E-state index contributed by atoms with van der Waals surface area (Å²) in [6.45, 7) is 4.17. The first-order chi connectivity index (χ1) is 5.27. The van der Waals surface area contributed by atoms with Crippen molar-refractivity contribution in [1.82, 2.24) is 0 Å². The molecule has 0 spiro atoms. The molecule has 0 saturated carbocycles. The van der Waals surface area contributed by atoms with E-state index in [0.29, 0.717) is 5.75 Å². The molecule has 0 aromatic heterocycles. The summed E-state index contributed by atoms with van der Waals surface area (Å²) < 4.78 is 0. The summed E-state index contributed by atoms with van der Waals surface area (Å²) in [4.78, 5) is 0. The molecule has 11 heavy (non-hydrogen) atoms. The number of rotatable bonds is 2. The summed E-state index contributed by atoms with van der Waals surface area (Å²) in [5.41, 5.74) is 2.34. The first-order valence-electron chi connectivity index (χ1n) is 4.08. The maximum atomic E-state index is 9.33. The molecule has 58 valence electrons. The van der Waals surface area contributed by atoms with Crippen LogP contribution in [0.5, 0.6) is 5.75 Å². The van der Waals surface area contributed by atoms with Crippen molar-refractivity contribution in [2.24, 2.45) is 0 Å². The van der Waals surface area contributed by atoms with Crippen LogP contribution in [0, 0.1) is 0 Å². The number of phenolic OH excluding ortho intramolecular Hbond substituents is 1. The lowest BCUT2D eigenvalue weighted by molar-refractivity contribution is 0.469. The largest absolute Gasteiger partial charge is 0.508 e. The van der Waals surface area contributed by atoms with Crippen LogP contribution in [-0.2, 0) is 6.42 Å². The van der Waals surface area contributed by atoms with Gasteiger partial charge in [-0.05, 0) is 18.1 Å². The van der Waals surface area contributed by atoms with Gasteiger partial charge in [0, 0.05) is 0 Å². The highest BCUT2D eigenvalue weighted by Crippen LogP contribution is 2.14. The van der Waals surface area contributed by atoms with Crippen molar-refractivity contribution in [3.63, 3.8) is 0 Å². The molecule has 0 heterocycles. The highest BCUT2D eigenvalue weighted by atomic mass is 16.3. The van der Waals surface area contributed by atoms with E-state index in [0.717, 1.165) is 19.3 Å². The standard InChI is InChI=1S/C9H13BO/c1-3-7-6-8(10-2)4-5-9(7)11/h4-6,10-11H,3H2,1-2H3. The van der Waals surface area contributed by atoms with E-state index in [1.54, 1.807) is 6.07 Å². The van der Waals surface area contributed by atoms with Crippen molar-refractivity contribution in [3.8, 4) is 5.75 Å². The molecule has 1 nitrogen and oxygen atoms in total. The van der Waals surface area contributed by atoms with E-state index in [1.807, 2.05) is 6.07 Å². The van der Waals surface area contributed by atoms with Gasteiger partial charge in [0.2, 0.25) is 0 Å². The van der Waals surface area contributed by atoms with E-state index in [9.17, 15) is 5.11 Å². The zero-order valence-corrected chi connectivity index (χ0v) is 7.09. The molecular weight excluding hydrogens is 135 g/mol. The summed E-state index contributed by atoms with van der Waals surface area (Å²) >= 11 is 0. The summed E-state index contributed by atoms with van der Waals surface area (Å²) in [5, 5.41) is 9.33. The molecular formula is C9H13BO. The molecule has 2 heteroatoms. The Bertz CT molecular complexity index is 245. The lowest BCUT2D eigenvalue weighted by atomic mass is 9.73. The van der Waals surface area contributed by atoms with Crippen LogP contribution in [0.2, 0.25) is 6.82 Å². The monoisotopic (exact) mass is 148 g/mol. The molecule has 0 fully saturated rings. The minimum absolute atomic E-state index is 0.421. The van der Waals surface area contributed by atoms with Crippen LogP contribution < -0.4 is 5.46 Å². The second-order valence-electron chi connectivity index (χ2n) is 2.67. The van der Waals surface area contributed by atoms with E-state index in [4.69, 9.17) is 0 Å². The molecule has 0 aliphatic heterocycles. The van der Waals surface area contributed by atoms with E-state index < -0.39 is 0 Å². The Morgan fingerprint density at radius 3 is 2.73 bits per heavy atom. The average Bonchev–Trinajstić information content (AvgIpc) is 2.05. The Labute approximate surface area is 68.3 Å². The summed E-state index contributed by atoms with van der Waals surface area (Å²) in [5.74, 6) is 0.421. The van der Waals surface area contributed by atoms with Gasteiger partial charge in [-0.3, -0.25) is 0 Å². The van der Waals surface area contributed by atoms with Gasteiger partial charge in [0.15, 0.2) is 7.28 Å². The number of aromatic hydroxyl groups is 1. The van der Waals surface area contributed by atoms with Crippen LogP contribution in [-0.4, -0.2) is 12.4 Å².